The van der Waals surface area contributed by atoms with Crippen molar-refractivity contribution in [3.05, 3.63) is 59.4 Å². The molecule has 0 aliphatic carbocycles. The summed E-state index contributed by atoms with van der Waals surface area (Å²) in [5.74, 6) is -2.07. The molecule has 2 saturated heterocycles. The number of hydrogen-bond acceptors (Lipinski definition) is 6. The Kier molecular flexibility index (Phi) is 5.58. The van der Waals surface area contributed by atoms with Crippen molar-refractivity contribution in [2.45, 2.75) is 36.9 Å². The number of ether oxygens (including phenoxy) is 1. The molecule has 1 aromatic carbocycles. The summed E-state index contributed by atoms with van der Waals surface area (Å²) < 4.78 is 76.0. The van der Waals surface area contributed by atoms with Crippen LogP contribution in [0, 0.1) is 0 Å². The van der Waals surface area contributed by atoms with Crippen LogP contribution in [-0.4, -0.2) is 67.1 Å². The number of fused-ring (bicyclic) bond motifs is 1. The summed E-state index contributed by atoms with van der Waals surface area (Å²) in [6, 6.07) is 7.67. The lowest BCUT2D eigenvalue weighted by Crippen LogP contribution is -2.56. The van der Waals surface area contributed by atoms with E-state index >= 15 is 0 Å². The van der Waals surface area contributed by atoms with E-state index in [1.807, 2.05) is 29.8 Å². The number of alkyl halides is 5. The topological polar surface area (TPSA) is 84.7 Å². The van der Waals surface area contributed by atoms with Crippen LogP contribution in [0.25, 0.3) is 22.2 Å². The fourth-order valence-electron chi connectivity index (χ4n) is 5.19. The second-order valence-corrected chi connectivity index (χ2v) is 10.2. The Morgan fingerprint density at radius 3 is 2.53 bits per heavy atom. The number of aromatic nitrogens is 6. The van der Waals surface area contributed by atoms with Crippen LogP contribution in [0.3, 0.4) is 0 Å². The number of likely N-dealkylation sites (tertiary alicyclic amines) is 1. The van der Waals surface area contributed by atoms with Gasteiger partial charge in [-0.25, -0.2) is 13.8 Å². The molecule has 0 amide bonds. The molecule has 0 spiro atoms. The Morgan fingerprint density at radius 1 is 1.16 bits per heavy atom. The minimum atomic E-state index is -4.72. The second-order valence-electron chi connectivity index (χ2n) is 10.2. The van der Waals surface area contributed by atoms with Gasteiger partial charge in [-0.2, -0.15) is 18.3 Å². The molecule has 4 aromatic rings. The first-order valence-electron chi connectivity index (χ1n) is 12.1. The normalized spacial score (nSPS) is 19.8. The fourth-order valence-corrected chi connectivity index (χ4v) is 5.19. The molecule has 2 aliphatic heterocycles. The summed E-state index contributed by atoms with van der Waals surface area (Å²) in [5, 5.41) is 15.6. The lowest BCUT2D eigenvalue weighted by Gasteiger charge is -2.42. The third kappa shape index (κ3) is 4.13. The molecule has 200 valence electrons. The van der Waals surface area contributed by atoms with Gasteiger partial charge in [-0.1, -0.05) is 18.2 Å². The van der Waals surface area contributed by atoms with Crippen LogP contribution < -0.4 is 0 Å². The van der Waals surface area contributed by atoms with Gasteiger partial charge in [0, 0.05) is 29.8 Å². The highest BCUT2D eigenvalue weighted by atomic mass is 19.4. The zero-order valence-corrected chi connectivity index (χ0v) is 20.6. The molecule has 6 rings (SSSR count). The molecule has 0 bridgehead atoms. The molecular weight excluding hydrogens is 509 g/mol. The van der Waals surface area contributed by atoms with Crippen LogP contribution in [0.2, 0.25) is 0 Å². The van der Waals surface area contributed by atoms with E-state index in [-0.39, 0.29) is 16.5 Å². The van der Waals surface area contributed by atoms with Gasteiger partial charge in [0.15, 0.2) is 0 Å². The van der Waals surface area contributed by atoms with Gasteiger partial charge >= 0.3 is 6.18 Å². The number of hydrogen-bond donors (Lipinski definition) is 1. The van der Waals surface area contributed by atoms with Crippen molar-refractivity contribution in [1.82, 2.24) is 34.8 Å². The molecule has 38 heavy (non-hydrogen) atoms. The number of H-pyrrole nitrogens is 1. The third-order valence-corrected chi connectivity index (χ3v) is 7.49. The maximum Gasteiger partial charge on any atom is 0.433 e. The van der Waals surface area contributed by atoms with Crippen molar-refractivity contribution in [2.75, 3.05) is 26.3 Å². The summed E-state index contributed by atoms with van der Waals surface area (Å²) in [6.45, 7) is 1.44. The summed E-state index contributed by atoms with van der Waals surface area (Å²) >= 11 is 0. The predicted octanol–water partition coefficient (Wildman–Crippen LogP) is 4.29. The van der Waals surface area contributed by atoms with Gasteiger partial charge in [0.1, 0.15) is 23.5 Å². The van der Waals surface area contributed by atoms with Crippen molar-refractivity contribution in [1.29, 1.82) is 0 Å². The number of aromatic amines is 1. The lowest BCUT2D eigenvalue weighted by atomic mass is 9.75. The van der Waals surface area contributed by atoms with E-state index in [0.717, 1.165) is 17.5 Å². The number of pyridine rings is 1. The first-order chi connectivity index (χ1) is 18.0. The van der Waals surface area contributed by atoms with E-state index in [4.69, 9.17) is 4.74 Å². The maximum absolute atomic E-state index is 13.9. The van der Waals surface area contributed by atoms with E-state index in [0.29, 0.717) is 36.4 Å². The number of rotatable bonds is 6. The first kappa shape index (κ1) is 24.9. The molecule has 8 nitrogen and oxygen atoms in total. The first-order valence-corrected chi connectivity index (χ1v) is 12.1. The summed E-state index contributed by atoms with van der Waals surface area (Å²) in [5.41, 5.74) is 0.765. The Morgan fingerprint density at radius 2 is 1.92 bits per heavy atom. The molecule has 1 N–H and O–H groups in total. The monoisotopic (exact) mass is 533 g/mol. The van der Waals surface area contributed by atoms with Crippen LogP contribution in [-0.2, 0) is 29.8 Å². The third-order valence-electron chi connectivity index (χ3n) is 7.49. The molecule has 0 radical (unpaired) electrons. The number of halogens is 5. The summed E-state index contributed by atoms with van der Waals surface area (Å²) in [6.07, 6.45) is -2.51. The van der Waals surface area contributed by atoms with Gasteiger partial charge in [0.2, 0.25) is 0 Å². The SMILES string of the molecule is C[C@H](c1nc(C(F)(F)F)cc2c(-c3cccc(C4(Cc5nncn5C)COC4)c3)n[nH]c12)N1CC(F)(F)C1. The smallest absolute Gasteiger partial charge is 0.379 e. The Labute approximate surface area is 213 Å². The van der Waals surface area contributed by atoms with E-state index < -0.39 is 36.9 Å². The predicted molar refractivity (Wildman–Crippen MR) is 126 cm³/mol. The Balaban J connectivity index is 1.42. The molecule has 13 heteroatoms. The summed E-state index contributed by atoms with van der Waals surface area (Å²) in [4.78, 5) is 5.24. The fraction of sp³-hybridized carbons (Fsp3) is 0.440. The average Bonchev–Trinajstić information content (AvgIpc) is 3.44. The van der Waals surface area contributed by atoms with E-state index in [9.17, 15) is 22.0 Å². The minimum absolute atomic E-state index is 0.0337. The van der Waals surface area contributed by atoms with Crippen molar-refractivity contribution >= 4 is 10.9 Å². The second kappa shape index (κ2) is 8.53. The number of benzene rings is 1. The summed E-state index contributed by atoms with van der Waals surface area (Å²) in [7, 11) is 1.86. The van der Waals surface area contributed by atoms with Crippen LogP contribution in [0.15, 0.2) is 36.7 Å². The average molecular weight is 534 g/mol. The lowest BCUT2D eigenvalue weighted by molar-refractivity contribution is -0.147. The highest BCUT2D eigenvalue weighted by molar-refractivity contribution is 5.94. The van der Waals surface area contributed by atoms with Gasteiger partial charge in [0.25, 0.3) is 5.92 Å². The van der Waals surface area contributed by atoms with E-state index in [1.165, 1.54) is 4.90 Å². The Hall–Kier alpha value is -3.45. The van der Waals surface area contributed by atoms with Crippen molar-refractivity contribution in [3.8, 4) is 11.3 Å². The van der Waals surface area contributed by atoms with Crippen LogP contribution >= 0.6 is 0 Å². The molecule has 5 heterocycles. The Bertz CT molecular complexity index is 1500. The molecule has 1 atom stereocenters. The van der Waals surface area contributed by atoms with Gasteiger partial charge in [-0.3, -0.25) is 10.00 Å². The minimum Gasteiger partial charge on any atom is -0.379 e. The number of aryl methyl sites for hydroxylation is 1. The molecule has 2 aliphatic rings. The van der Waals surface area contributed by atoms with E-state index in [2.05, 4.69) is 25.4 Å². The van der Waals surface area contributed by atoms with Crippen molar-refractivity contribution in [2.24, 2.45) is 7.05 Å². The number of nitrogens with one attached hydrogen (secondary N) is 1. The van der Waals surface area contributed by atoms with Gasteiger partial charge in [-0.15, -0.1) is 10.2 Å². The molecule has 0 saturated carbocycles. The largest absolute Gasteiger partial charge is 0.433 e. The van der Waals surface area contributed by atoms with Gasteiger partial charge in [0.05, 0.1) is 43.6 Å². The molecule has 2 fully saturated rings. The van der Waals surface area contributed by atoms with Gasteiger partial charge in [-0.05, 0) is 24.6 Å². The zero-order valence-electron chi connectivity index (χ0n) is 20.6. The van der Waals surface area contributed by atoms with Crippen LogP contribution in [0.4, 0.5) is 22.0 Å². The van der Waals surface area contributed by atoms with Gasteiger partial charge < -0.3 is 9.30 Å². The van der Waals surface area contributed by atoms with Crippen LogP contribution in [0.1, 0.15) is 35.7 Å². The maximum atomic E-state index is 13.9. The van der Waals surface area contributed by atoms with E-state index in [1.54, 1.807) is 19.3 Å². The molecule has 3 aromatic heterocycles. The standard InChI is InChI=1S/C25H24F5N7O/c1-14(37-9-24(26,27)10-37)20-22-17(7-18(32-20)25(28,29)30)21(34-35-22)15-4-3-5-16(6-15)23(11-38-12-23)8-19-33-31-13-36(19)2/h3-7,13-14H,8-12H2,1-2H3,(H,34,35)/t14-/m1/s1. The highest BCUT2D eigenvalue weighted by Gasteiger charge is 2.47. The molecule has 0 unspecified atom stereocenters. The number of nitrogens with zero attached hydrogens (tertiary/aromatic N) is 6. The van der Waals surface area contributed by atoms with Crippen molar-refractivity contribution < 1.29 is 26.7 Å². The highest BCUT2D eigenvalue weighted by Crippen LogP contribution is 2.41. The molecular formula is C25H24F5N7O. The van der Waals surface area contributed by atoms with Crippen molar-refractivity contribution in [3.63, 3.8) is 0 Å². The zero-order chi connectivity index (χ0) is 26.9. The van der Waals surface area contributed by atoms with Crippen LogP contribution in [0.5, 0.6) is 0 Å². The quantitative estimate of drug-likeness (QED) is 0.372.